The number of benzene rings is 1. The number of rotatable bonds is 2. The van der Waals surface area contributed by atoms with Crippen molar-refractivity contribution in [3.63, 3.8) is 0 Å². The molecule has 0 saturated heterocycles. The van der Waals surface area contributed by atoms with Gasteiger partial charge in [-0.05, 0) is 19.1 Å². The number of carbonyl (C=O) groups is 1. The first kappa shape index (κ1) is 12.4. The summed E-state index contributed by atoms with van der Waals surface area (Å²) in [6, 6.07) is 2.50. The molecule has 1 aromatic carbocycles. The van der Waals surface area contributed by atoms with Gasteiger partial charge in [0.1, 0.15) is 11.6 Å². The molecule has 7 heteroatoms. The summed E-state index contributed by atoms with van der Waals surface area (Å²) in [5, 5.41) is 12.0. The lowest BCUT2D eigenvalue weighted by Gasteiger charge is -2.17. The summed E-state index contributed by atoms with van der Waals surface area (Å²) in [6.07, 6.45) is 0. The second-order valence-corrected chi connectivity index (χ2v) is 3.90. The summed E-state index contributed by atoms with van der Waals surface area (Å²) < 4.78 is 39.9. The molecule has 0 spiro atoms. The molecule has 2 atom stereocenters. The van der Waals surface area contributed by atoms with Crippen LogP contribution in [0, 0.1) is 17.6 Å². The fraction of sp³-hybridized carbons (Fsp3) is 0.273. The molecule has 4 nitrogen and oxygen atoms in total. The van der Waals surface area contributed by atoms with Gasteiger partial charge in [0.15, 0.2) is 0 Å². The minimum absolute atomic E-state index is 0.0548. The number of halogens is 3. The van der Waals surface area contributed by atoms with E-state index in [-0.39, 0.29) is 11.3 Å². The molecule has 96 valence electrons. The zero-order valence-corrected chi connectivity index (χ0v) is 9.15. The largest absolute Gasteiger partial charge is 0.476 e. The van der Waals surface area contributed by atoms with Crippen molar-refractivity contribution in [2.24, 2.45) is 11.1 Å². The van der Waals surface area contributed by atoms with E-state index in [1.165, 1.54) is 6.92 Å². The lowest BCUT2D eigenvalue weighted by Crippen LogP contribution is -2.41. The first-order valence-corrected chi connectivity index (χ1v) is 4.99. The van der Waals surface area contributed by atoms with Crippen molar-refractivity contribution < 1.29 is 27.9 Å². The predicted octanol–water partition coefficient (Wildman–Crippen LogP) is 2.09. The Kier molecular flexibility index (Phi) is 2.76. The molecule has 1 aliphatic heterocycles. The summed E-state index contributed by atoms with van der Waals surface area (Å²) in [4.78, 5) is 15.0. The molecule has 0 radical (unpaired) electrons. The second-order valence-electron chi connectivity index (χ2n) is 3.90. The van der Waals surface area contributed by atoms with Crippen molar-refractivity contribution in [1.82, 2.24) is 0 Å². The molecule has 0 bridgehead atoms. The predicted molar refractivity (Wildman–Crippen MR) is 54.6 cm³/mol. The summed E-state index contributed by atoms with van der Waals surface area (Å²) in [5.74, 6) is -7.88. The molecule has 0 saturated carbocycles. The van der Waals surface area contributed by atoms with Crippen LogP contribution in [0.2, 0.25) is 0 Å². The smallest absolute Gasteiger partial charge is 0.385 e. The lowest BCUT2D eigenvalue weighted by molar-refractivity contribution is -0.195. The van der Waals surface area contributed by atoms with Crippen LogP contribution < -0.4 is 0 Å². The van der Waals surface area contributed by atoms with E-state index in [2.05, 4.69) is 9.99 Å². The van der Waals surface area contributed by atoms with E-state index in [9.17, 15) is 18.0 Å². The van der Waals surface area contributed by atoms with Crippen molar-refractivity contribution in [3.05, 3.63) is 35.4 Å². The zero-order valence-electron chi connectivity index (χ0n) is 9.15. The highest BCUT2D eigenvalue weighted by Crippen LogP contribution is 2.34. The first-order chi connectivity index (χ1) is 8.34. The number of aliphatic carboxylic acids is 1. The van der Waals surface area contributed by atoms with Crippen LogP contribution >= 0.6 is 0 Å². The monoisotopic (exact) mass is 259 g/mol. The van der Waals surface area contributed by atoms with Crippen LogP contribution in [0.4, 0.5) is 13.2 Å². The van der Waals surface area contributed by atoms with Crippen LogP contribution in [0.3, 0.4) is 0 Å². The highest BCUT2D eigenvalue weighted by Gasteiger charge is 2.54. The number of hydrogen-bond acceptors (Lipinski definition) is 3. The fourth-order valence-corrected chi connectivity index (χ4v) is 1.68. The van der Waals surface area contributed by atoms with Gasteiger partial charge in [-0.2, -0.15) is 4.39 Å². The molecule has 0 fully saturated rings. The van der Waals surface area contributed by atoms with E-state index < -0.39 is 29.4 Å². The maximum absolute atomic E-state index is 13.8. The third-order valence-corrected chi connectivity index (χ3v) is 2.69. The van der Waals surface area contributed by atoms with Crippen LogP contribution in [0.25, 0.3) is 0 Å². The van der Waals surface area contributed by atoms with Gasteiger partial charge in [-0.1, -0.05) is 5.16 Å². The number of nitrogens with zero attached hydrogens (tertiary/aromatic N) is 1. The van der Waals surface area contributed by atoms with Crippen LogP contribution in [0.5, 0.6) is 0 Å². The highest BCUT2D eigenvalue weighted by atomic mass is 19.2. The number of alkyl halides is 1. The van der Waals surface area contributed by atoms with Crippen LogP contribution in [-0.2, 0) is 9.63 Å². The Labute approximate surface area is 99.7 Å². The molecule has 1 aliphatic rings. The van der Waals surface area contributed by atoms with Crippen molar-refractivity contribution in [2.45, 2.75) is 12.8 Å². The zero-order chi connectivity index (χ0) is 13.5. The maximum Gasteiger partial charge on any atom is 0.385 e. The number of carboxylic acids is 1. The van der Waals surface area contributed by atoms with Crippen molar-refractivity contribution in [1.29, 1.82) is 0 Å². The van der Waals surface area contributed by atoms with Gasteiger partial charge in [0, 0.05) is 11.6 Å². The molecule has 0 aliphatic carbocycles. The molecular weight excluding hydrogens is 251 g/mol. The molecular formula is C11H8F3NO3. The third kappa shape index (κ3) is 1.81. The Balaban J connectivity index is 2.39. The van der Waals surface area contributed by atoms with Gasteiger partial charge < -0.3 is 9.94 Å². The van der Waals surface area contributed by atoms with Crippen molar-refractivity contribution in [3.8, 4) is 0 Å². The van der Waals surface area contributed by atoms with Gasteiger partial charge in [0.2, 0.25) is 0 Å². The molecule has 0 amide bonds. The first-order valence-electron chi connectivity index (χ1n) is 4.99. The van der Waals surface area contributed by atoms with Crippen molar-refractivity contribution in [2.75, 3.05) is 0 Å². The molecule has 0 aromatic heterocycles. The van der Waals surface area contributed by atoms with E-state index in [0.29, 0.717) is 6.07 Å². The SMILES string of the molecule is CC1C(c2cc(F)cc(F)c2)=NOC1(F)C(=O)O. The summed E-state index contributed by atoms with van der Waals surface area (Å²) in [5.41, 5.74) is -0.209. The summed E-state index contributed by atoms with van der Waals surface area (Å²) >= 11 is 0. The summed E-state index contributed by atoms with van der Waals surface area (Å²) in [7, 11) is 0. The normalized spacial score (nSPS) is 26.7. The molecule has 1 N–H and O–H groups in total. The fourth-order valence-electron chi connectivity index (χ4n) is 1.68. The van der Waals surface area contributed by atoms with Gasteiger partial charge in [-0.3, -0.25) is 0 Å². The molecule has 18 heavy (non-hydrogen) atoms. The number of carboxylic acid groups (broad SMARTS) is 1. The van der Waals surface area contributed by atoms with E-state index >= 15 is 0 Å². The maximum atomic E-state index is 13.8. The third-order valence-electron chi connectivity index (χ3n) is 2.69. The van der Waals surface area contributed by atoms with Crippen LogP contribution in [0.15, 0.2) is 23.4 Å². The Bertz CT molecular complexity index is 526. The molecule has 2 rings (SSSR count). The second kappa shape index (κ2) is 4.01. The van der Waals surface area contributed by atoms with E-state index in [0.717, 1.165) is 12.1 Å². The minimum atomic E-state index is -3.02. The molecule has 1 aromatic rings. The van der Waals surface area contributed by atoms with Gasteiger partial charge in [0.25, 0.3) is 0 Å². The van der Waals surface area contributed by atoms with Gasteiger partial charge in [-0.25, -0.2) is 13.6 Å². The minimum Gasteiger partial charge on any atom is -0.476 e. The summed E-state index contributed by atoms with van der Waals surface area (Å²) in [6.45, 7) is 1.21. The number of oxime groups is 1. The average Bonchev–Trinajstić information content (AvgIpc) is 2.56. The number of hydrogen-bond donors (Lipinski definition) is 1. The van der Waals surface area contributed by atoms with Crippen molar-refractivity contribution >= 4 is 11.7 Å². The van der Waals surface area contributed by atoms with E-state index in [1.807, 2.05) is 0 Å². The molecule has 1 heterocycles. The standard InChI is InChI=1S/C11H8F3NO3/c1-5-9(15-18-11(5,14)10(16)17)6-2-7(12)4-8(13)3-6/h2-5H,1H3,(H,16,17). The van der Waals surface area contributed by atoms with Gasteiger partial charge in [0.05, 0.1) is 11.6 Å². The Morgan fingerprint density at radius 1 is 1.39 bits per heavy atom. The Hall–Kier alpha value is -2.05. The quantitative estimate of drug-likeness (QED) is 0.884. The topological polar surface area (TPSA) is 58.9 Å². The van der Waals surface area contributed by atoms with E-state index in [4.69, 9.17) is 5.11 Å². The molecule has 2 unspecified atom stereocenters. The Morgan fingerprint density at radius 3 is 2.39 bits per heavy atom. The van der Waals surface area contributed by atoms with Gasteiger partial charge >= 0.3 is 11.8 Å². The lowest BCUT2D eigenvalue weighted by atomic mass is 9.92. The van der Waals surface area contributed by atoms with Gasteiger partial charge in [-0.15, -0.1) is 0 Å². The Morgan fingerprint density at radius 2 is 1.94 bits per heavy atom. The average molecular weight is 259 g/mol. The van der Waals surface area contributed by atoms with Crippen LogP contribution in [0.1, 0.15) is 12.5 Å². The van der Waals surface area contributed by atoms with E-state index in [1.54, 1.807) is 0 Å². The van der Waals surface area contributed by atoms with Crippen LogP contribution in [-0.4, -0.2) is 22.6 Å². The highest BCUT2D eigenvalue weighted by molar-refractivity contribution is 6.05.